The van der Waals surface area contributed by atoms with Gasteiger partial charge in [0.05, 0.1) is 18.8 Å². The van der Waals surface area contributed by atoms with E-state index in [4.69, 9.17) is 11.2 Å². The summed E-state index contributed by atoms with van der Waals surface area (Å²) in [5.41, 5.74) is 0. The predicted octanol–water partition coefficient (Wildman–Crippen LogP) is 0.775. The Morgan fingerprint density at radius 3 is 2.86 bits per heavy atom. The molecule has 0 rings (SSSR count). The molecule has 0 aliphatic rings. The molecule has 3 nitrogen and oxygen atoms in total. The molecule has 2 unspecified atom stereocenters. The number of ether oxygens (including phenoxy) is 1. The summed E-state index contributed by atoms with van der Waals surface area (Å²) >= 11 is 0. The third-order valence-corrected chi connectivity index (χ3v) is 1.86. The lowest BCUT2D eigenvalue weighted by Crippen LogP contribution is -2.35. The zero-order valence-corrected chi connectivity index (χ0v) is 9.12. The molecule has 0 aliphatic heterocycles. The van der Waals surface area contributed by atoms with E-state index in [0.717, 1.165) is 19.4 Å². The lowest BCUT2D eigenvalue weighted by Gasteiger charge is -2.13. The number of nitrogens with one attached hydrogen (secondary N) is 1. The van der Waals surface area contributed by atoms with Crippen molar-refractivity contribution in [2.45, 2.75) is 38.8 Å². The van der Waals surface area contributed by atoms with Crippen LogP contribution in [-0.4, -0.2) is 37.0 Å². The second-order valence-corrected chi connectivity index (χ2v) is 3.38. The van der Waals surface area contributed by atoms with Crippen LogP contribution in [0.25, 0.3) is 0 Å². The fourth-order valence-electron chi connectivity index (χ4n) is 0.896. The van der Waals surface area contributed by atoms with Crippen molar-refractivity contribution >= 4 is 0 Å². The van der Waals surface area contributed by atoms with Gasteiger partial charge in [0.25, 0.3) is 0 Å². The van der Waals surface area contributed by atoms with Crippen molar-refractivity contribution in [2.24, 2.45) is 0 Å². The molecule has 0 radical (unpaired) electrons. The molecule has 82 valence electrons. The molecule has 3 heteroatoms. The van der Waals surface area contributed by atoms with Gasteiger partial charge in [-0.2, -0.15) is 0 Å². The van der Waals surface area contributed by atoms with E-state index in [1.54, 1.807) is 0 Å². The van der Waals surface area contributed by atoms with E-state index < -0.39 is 6.10 Å². The lowest BCUT2D eigenvalue weighted by molar-refractivity contribution is 0.0355. The van der Waals surface area contributed by atoms with Gasteiger partial charge in [-0.1, -0.05) is 19.3 Å². The van der Waals surface area contributed by atoms with Gasteiger partial charge in [-0.15, -0.1) is 6.42 Å². The number of hydrogen-bond donors (Lipinski definition) is 2. The highest BCUT2D eigenvalue weighted by atomic mass is 16.5. The topological polar surface area (TPSA) is 41.5 Å². The fourth-order valence-corrected chi connectivity index (χ4v) is 0.896. The van der Waals surface area contributed by atoms with Crippen LogP contribution in [0.3, 0.4) is 0 Å². The summed E-state index contributed by atoms with van der Waals surface area (Å²) in [7, 11) is 0. The van der Waals surface area contributed by atoms with Gasteiger partial charge in [0.15, 0.2) is 0 Å². The highest BCUT2D eigenvalue weighted by molar-refractivity contribution is 4.95. The van der Waals surface area contributed by atoms with Gasteiger partial charge in [0.1, 0.15) is 0 Å². The molecule has 0 bridgehead atoms. The van der Waals surface area contributed by atoms with E-state index in [2.05, 4.69) is 18.2 Å². The van der Waals surface area contributed by atoms with Crippen LogP contribution in [0.5, 0.6) is 0 Å². The smallest absolute Gasteiger partial charge is 0.0898 e. The Balaban J connectivity index is 3.28. The summed E-state index contributed by atoms with van der Waals surface area (Å²) in [6.45, 7) is 5.57. The van der Waals surface area contributed by atoms with Gasteiger partial charge in [0, 0.05) is 13.2 Å². The van der Waals surface area contributed by atoms with Gasteiger partial charge in [-0.05, 0) is 13.3 Å². The zero-order chi connectivity index (χ0) is 10.8. The number of hydrogen-bond acceptors (Lipinski definition) is 3. The molecule has 0 fully saturated rings. The van der Waals surface area contributed by atoms with Gasteiger partial charge in [-0.25, -0.2) is 0 Å². The SMILES string of the molecule is C#CC(C)NCC(O)COCCCC. The Hall–Kier alpha value is -0.560. The van der Waals surface area contributed by atoms with Gasteiger partial charge in [0.2, 0.25) is 0 Å². The van der Waals surface area contributed by atoms with Crippen LogP contribution < -0.4 is 5.32 Å². The number of terminal acetylenes is 1. The van der Waals surface area contributed by atoms with E-state index in [1.807, 2.05) is 6.92 Å². The van der Waals surface area contributed by atoms with Crippen LogP contribution in [0.2, 0.25) is 0 Å². The molecule has 0 aromatic heterocycles. The van der Waals surface area contributed by atoms with Crippen molar-refractivity contribution in [3.8, 4) is 12.3 Å². The van der Waals surface area contributed by atoms with E-state index in [-0.39, 0.29) is 6.04 Å². The highest BCUT2D eigenvalue weighted by Crippen LogP contribution is 1.90. The first-order valence-corrected chi connectivity index (χ1v) is 5.16. The molecule has 0 amide bonds. The minimum absolute atomic E-state index is 0.000270. The first kappa shape index (κ1) is 13.4. The van der Waals surface area contributed by atoms with Crippen LogP contribution in [0.15, 0.2) is 0 Å². The van der Waals surface area contributed by atoms with Crippen molar-refractivity contribution in [1.82, 2.24) is 5.32 Å². The largest absolute Gasteiger partial charge is 0.389 e. The van der Waals surface area contributed by atoms with E-state index in [0.29, 0.717) is 13.2 Å². The Morgan fingerprint density at radius 1 is 1.57 bits per heavy atom. The number of aliphatic hydroxyl groups excluding tert-OH is 1. The molecule has 2 N–H and O–H groups in total. The molecule has 0 aromatic carbocycles. The Labute approximate surface area is 86.8 Å². The predicted molar refractivity (Wildman–Crippen MR) is 58.0 cm³/mol. The third kappa shape index (κ3) is 8.06. The van der Waals surface area contributed by atoms with Crippen LogP contribution in [0.1, 0.15) is 26.7 Å². The van der Waals surface area contributed by atoms with Crippen LogP contribution in [0, 0.1) is 12.3 Å². The third-order valence-electron chi connectivity index (χ3n) is 1.86. The maximum Gasteiger partial charge on any atom is 0.0898 e. The Kier molecular flexibility index (Phi) is 8.65. The summed E-state index contributed by atoms with van der Waals surface area (Å²) in [5, 5.41) is 12.4. The zero-order valence-electron chi connectivity index (χ0n) is 9.12. The monoisotopic (exact) mass is 199 g/mol. The summed E-state index contributed by atoms with van der Waals surface area (Å²) in [4.78, 5) is 0. The van der Waals surface area contributed by atoms with Crippen LogP contribution >= 0.6 is 0 Å². The molecule has 0 spiro atoms. The van der Waals surface area contributed by atoms with Gasteiger partial charge >= 0.3 is 0 Å². The number of unbranched alkanes of at least 4 members (excludes halogenated alkanes) is 1. The van der Waals surface area contributed by atoms with Crippen molar-refractivity contribution in [1.29, 1.82) is 0 Å². The van der Waals surface area contributed by atoms with Crippen molar-refractivity contribution in [2.75, 3.05) is 19.8 Å². The Morgan fingerprint density at radius 2 is 2.29 bits per heavy atom. The molecule has 2 atom stereocenters. The summed E-state index contributed by atoms with van der Waals surface area (Å²) in [6, 6.07) is 0.000270. The highest BCUT2D eigenvalue weighted by Gasteiger charge is 2.04. The summed E-state index contributed by atoms with van der Waals surface area (Å²) in [6.07, 6.45) is 6.86. The molecule has 14 heavy (non-hydrogen) atoms. The average molecular weight is 199 g/mol. The van der Waals surface area contributed by atoms with E-state index in [9.17, 15) is 5.11 Å². The maximum atomic E-state index is 9.44. The van der Waals surface area contributed by atoms with Gasteiger partial charge < -0.3 is 15.2 Å². The minimum atomic E-state index is -0.470. The first-order chi connectivity index (χ1) is 6.70. The second kappa shape index (κ2) is 9.01. The Bertz CT molecular complexity index is 165. The van der Waals surface area contributed by atoms with Crippen LogP contribution in [-0.2, 0) is 4.74 Å². The van der Waals surface area contributed by atoms with Crippen molar-refractivity contribution < 1.29 is 9.84 Å². The molecule has 0 saturated carbocycles. The average Bonchev–Trinajstić information content (AvgIpc) is 2.21. The van der Waals surface area contributed by atoms with E-state index in [1.165, 1.54) is 0 Å². The maximum absolute atomic E-state index is 9.44. The molecule has 0 heterocycles. The number of rotatable bonds is 8. The first-order valence-electron chi connectivity index (χ1n) is 5.16. The summed E-state index contributed by atoms with van der Waals surface area (Å²) < 4.78 is 5.26. The van der Waals surface area contributed by atoms with Crippen molar-refractivity contribution in [3.05, 3.63) is 0 Å². The minimum Gasteiger partial charge on any atom is -0.389 e. The van der Waals surface area contributed by atoms with Crippen LogP contribution in [0.4, 0.5) is 0 Å². The quantitative estimate of drug-likeness (QED) is 0.448. The fraction of sp³-hybridized carbons (Fsp3) is 0.818. The molecular weight excluding hydrogens is 178 g/mol. The summed E-state index contributed by atoms with van der Waals surface area (Å²) in [5.74, 6) is 2.53. The van der Waals surface area contributed by atoms with E-state index >= 15 is 0 Å². The molecular formula is C11H21NO2. The normalized spacial score (nSPS) is 14.7. The lowest BCUT2D eigenvalue weighted by atomic mass is 10.3. The van der Waals surface area contributed by atoms with Crippen molar-refractivity contribution in [3.63, 3.8) is 0 Å². The molecule has 0 aliphatic carbocycles. The molecule has 0 aromatic rings. The second-order valence-electron chi connectivity index (χ2n) is 3.38. The standard InChI is InChI=1S/C11H21NO2/c1-4-6-7-14-9-11(13)8-12-10(3)5-2/h2,10-13H,4,6-9H2,1,3H3. The molecule has 0 saturated heterocycles. The number of aliphatic hydroxyl groups is 1. The van der Waals surface area contributed by atoms with Gasteiger partial charge in [-0.3, -0.25) is 0 Å².